The minimum atomic E-state index is -0.493. The van der Waals surface area contributed by atoms with Crippen LogP contribution in [0.4, 0.5) is 11.4 Å². The largest absolute Gasteiger partial charge is 0.452 e. The van der Waals surface area contributed by atoms with Crippen LogP contribution in [0.2, 0.25) is 0 Å². The standard InChI is InChI=1S/C29H27N3O3/c1-2-31-18-17-26-24(19-31)28(23-15-9-10-16-25(23)30-26)29(34)35-20-27(33)32(21-11-5-3-6-12-21)22-13-7-4-8-14-22/h3-16H,2,17-20H2,1H3. The van der Waals surface area contributed by atoms with E-state index in [1.165, 1.54) is 0 Å². The van der Waals surface area contributed by atoms with E-state index in [1.807, 2.05) is 84.9 Å². The third kappa shape index (κ3) is 4.66. The van der Waals surface area contributed by atoms with E-state index in [0.717, 1.165) is 41.7 Å². The summed E-state index contributed by atoms with van der Waals surface area (Å²) in [4.78, 5) is 35.5. The molecule has 1 aliphatic heterocycles. The van der Waals surface area contributed by atoms with Gasteiger partial charge in [0, 0.05) is 47.5 Å². The zero-order valence-corrected chi connectivity index (χ0v) is 19.7. The van der Waals surface area contributed by atoms with Crippen molar-refractivity contribution in [1.29, 1.82) is 0 Å². The summed E-state index contributed by atoms with van der Waals surface area (Å²) in [5.41, 5.74) is 4.54. The maximum atomic E-state index is 13.5. The smallest absolute Gasteiger partial charge is 0.339 e. The summed E-state index contributed by atoms with van der Waals surface area (Å²) in [6.45, 7) is 4.18. The van der Waals surface area contributed by atoms with Gasteiger partial charge in [-0.2, -0.15) is 0 Å². The molecule has 4 aromatic rings. The Kier molecular flexibility index (Phi) is 6.55. The molecule has 2 heterocycles. The molecule has 0 atom stereocenters. The molecule has 0 radical (unpaired) electrons. The van der Waals surface area contributed by atoms with E-state index in [0.29, 0.717) is 23.5 Å². The lowest BCUT2D eigenvalue weighted by Crippen LogP contribution is -2.33. The quantitative estimate of drug-likeness (QED) is 0.369. The highest BCUT2D eigenvalue weighted by molar-refractivity contribution is 6.07. The van der Waals surface area contributed by atoms with Gasteiger partial charge in [0.25, 0.3) is 5.91 Å². The average molecular weight is 466 g/mol. The van der Waals surface area contributed by atoms with Crippen molar-refractivity contribution in [2.45, 2.75) is 19.9 Å². The first kappa shape index (κ1) is 22.7. The Labute approximate surface area is 204 Å². The van der Waals surface area contributed by atoms with Crippen molar-refractivity contribution in [2.24, 2.45) is 0 Å². The van der Waals surface area contributed by atoms with Gasteiger partial charge in [0.05, 0.1) is 11.1 Å². The molecule has 0 N–H and O–H groups in total. The summed E-state index contributed by atoms with van der Waals surface area (Å²) < 4.78 is 5.68. The number of para-hydroxylation sites is 3. The van der Waals surface area contributed by atoms with Gasteiger partial charge in [-0.1, -0.05) is 61.5 Å². The van der Waals surface area contributed by atoms with Crippen LogP contribution < -0.4 is 4.90 Å². The summed E-state index contributed by atoms with van der Waals surface area (Å²) in [6.07, 6.45) is 0.781. The highest BCUT2D eigenvalue weighted by Crippen LogP contribution is 2.29. The molecule has 6 heteroatoms. The van der Waals surface area contributed by atoms with Gasteiger partial charge in [-0.15, -0.1) is 0 Å². The van der Waals surface area contributed by atoms with Crippen LogP contribution in [0.3, 0.4) is 0 Å². The van der Waals surface area contributed by atoms with Crippen molar-refractivity contribution in [1.82, 2.24) is 9.88 Å². The van der Waals surface area contributed by atoms with Crippen LogP contribution >= 0.6 is 0 Å². The molecule has 0 saturated carbocycles. The van der Waals surface area contributed by atoms with Gasteiger partial charge in [-0.3, -0.25) is 19.6 Å². The van der Waals surface area contributed by atoms with Crippen molar-refractivity contribution < 1.29 is 14.3 Å². The average Bonchev–Trinajstić information content (AvgIpc) is 2.91. The van der Waals surface area contributed by atoms with E-state index in [2.05, 4.69) is 11.8 Å². The zero-order valence-electron chi connectivity index (χ0n) is 19.7. The van der Waals surface area contributed by atoms with Crippen LogP contribution in [0.1, 0.15) is 28.5 Å². The first-order valence-corrected chi connectivity index (χ1v) is 11.9. The molecule has 0 unspecified atom stereocenters. The molecule has 0 spiro atoms. The van der Waals surface area contributed by atoms with E-state index in [1.54, 1.807) is 4.90 Å². The lowest BCUT2D eigenvalue weighted by Gasteiger charge is -2.29. The van der Waals surface area contributed by atoms with Crippen molar-refractivity contribution >= 4 is 34.2 Å². The Morgan fingerprint density at radius 1 is 0.914 bits per heavy atom. The van der Waals surface area contributed by atoms with Crippen molar-refractivity contribution in [3.8, 4) is 0 Å². The Morgan fingerprint density at radius 3 is 2.20 bits per heavy atom. The number of amides is 1. The zero-order chi connectivity index (χ0) is 24.2. The molecular formula is C29H27N3O3. The number of benzene rings is 3. The summed E-state index contributed by atoms with van der Waals surface area (Å²) in [6, 6.07) is 26.3. The number of ether oxygens (including phenoxy) is 1. The maximum absolute atomic E-state index is 13.5. The van der Waals surface area contributed by atoms with E-state index >= 15 is 0 Å². The number of carbonyl (C=O) groups is 2. The molecule has 176 valence electrons. The molecule has 5 rings (SSSR count). The Hall–Kier alpha value is -4.03. The fraction of sp³-hybridized carbons (Fsp3) is 0.207. The lowest BCUT2D eigenvalue weighted by molar-refractivity contribution is -0.120. The third-order valence-corrected chi connectivity index (χ3v) is 6.38. The number of pyridine rings is 1. The minimum absolute atomic E-state index is 0.321. The van der Waals surface area contributed by atoms with Crippen LogP contribution in [-0.4, -0.2) is 41.5 Å². The van der Waals surface area contributed by atoms with Gasteiger partial charge < -0.3 is 4.74 Å². The molecule has 35 heavy (non-hydrogen) atoms. The van der Waals surface area contributed by atoms with Crippen molar-refractivity contribution in [3.63, 3.8) is 0 Å². The second kappa shape index (κ2) is 10.1. The second-order valence-corrected chi connectivity index (χ2v) is 8.52. The van der Waals surface area contributed by atoms with Crippen molar-refractivity contribution in [3.05, 3.63) is 102 Å². The predicted molar refractivity (Wildman–Crippen MR) is 137 cm³/mol. The molecule has 0 aliphatic carbocycles. The van der Waals surface area contributed by atoms with Crippen LogP contribution in [-0.2, 0) is 22.5 Å². The van der Waals surface area contributed by atoms with E-state index < -0.39 is 5.97 Å². The van der Waals surface area contributed by atoms with Gasteiger partial charge >= 0.3 is 5.97 Å². The van der Waals surface area contributed by atoms with Crippen LogP contribution in [0.5, 0.6) is 0 Å². The number of anilines is 2. The molecule has 0 bridgehead atoms. The van der Waals surface area contributed by atoms with Crippen LogP contribution in [0.15, 0.2) is 84.9 Å². The number of hydrogen-bond acceptors (Lipinski definition) is 5. The summed E-state index contributed by atoms with van der Waals surface area (Å²) in [5.74, 6) is -0.814. The highest BCUT2D eigenvalue weighted by Gasteiger charge is 2.27. The monoisotopic (exact) mass is 465 g/mol. The number of nitrogens with zero attached hydrogens (tertiary/aromatic N) is 3. The number of rotatable bonds is 6. The number of carbonyl (C=O) groups excluding carboxylic acids is 2. The molecular weight excluding hydrogens is 438 g/mol. The topological polar surface area (TPSA) is 62.7 Å². The molecule has 1 amide bonds. The third-order valence-electron chi connectivity index (χ3n) is 6.38. The molecule has 6 nitrogen and oxygen atoms in total. The minimum Gasteiger partial charge on any atom is -0.452 e. The lowest BCUT2D eigenvalue weighted by atomic mass is 9.96. The first-order chi connectivity index (χ1) is 17.2. The number of esters is 1. The molecule has 0 saturated heterocycles. The maximum Gasteiger partial charge on any atom is 0.339 e. The summed E-state index contributed by atoms with van der Waals surface area (Å²) >= 11 is 0. The Morgan fingerprint density at radius 2 is 1.54 bits per heavy atom. The SMILES string of the molecule is CCN1CCc2nc3ccccc3c(C(=O)OCC(=O)N(c3ccccc3)c3ccccc3)c2C1. The van der Waals surface area contributed by atoms with Gasteiger partial charge in [0.1, 0.15) is 0 Å². The highest BCUT2D eigenvalue weighted by atomic mass is 16.5. The van der Waals surface area contributed by atoms with Crippen molar-refractivity contribution in [2.75, 3.05) is 24.6 Å². The van der Waals surface area contributed by atoms with Gasteiger partial charge in [0.15, 0.2) is 6.61 Å². The molecule has 1 aliphatic rings. The molecule has 3 aromatic carbocycles. The normalized spacial score (nSPS) is 13.3. The number of aromatic nitrogens is 1. The van der Waals surface area contributed by atoms with E-state index in [-0.39, 0.29) is 12.5 Å². The summed E-state index contributed by atoms with van der Waals surface area (Å²) in [7, 11) is 0. The molecule has 0 fully saturated rings. The molecule has 1 aromatic heterocycles. The summed E-state index contributed by atoms with van der Waals surface area (Å²) in [5, 5.41) is 0.754. The predicted octanol–water partition coefficient (Wildman–Crippen LogP) is 5.13. The number of fused-ring (bicyclic) bond motifs is 2. The van der Waals surface area contributed by atoms with Gasteiger partial charge in [0.2, 0.25) is 0 Å². The Bertz CT molecular complexity index is 1320. The number of likely N-dealkylation sites (N-methyl/N-ethyl adjacent to an activating group) is 1. The van der Waals surface area contributed by atoms with E-state index in [4.69, 9.17) is 9.72 Å². The first-order valence-electron chi connectivity index (χ1n) is 11.9. The fourth-order valence-electron chi connectivity index (χ4n) is 4.60. The van der Waals surface area contributed by atoms with Gasteiger partial charge in [-0.25, -0.2) is 4.79 Å². The van der Waals surface area contributed by atoms with E-state index in [9.17, 15) is 9.59 Å². The fourth-order valence-corrected chi connectivity index (χ4v) is 4.60. The second-order valence-electron chi connectivity index (χ2n) is 8.52. The van der Waals surface area contributed by atoms with Crippen LogP contribution in [0.25, 0.3) is 10.9 Å². The Balaban J connectivity index is 1.45. The number of hydrogen-bond donors (Lipinski definition) is 0. The van der Waals surface area contributed by atoms with Crippen LogP contribution in [0, 0.1) is 0 Å². The van der Waals surface area contributed by atoms with Gasteiger partial charge in [-0.05, 0) is 36.9 Å².